The van der Waals surface area contributed by atoms with Crippen molar-refractivity contribution in [3.8, 4) is 0 Å². The molecule has 0 aromatic rings. The van der Waals surface area contributed by atoms with Crippen molar-refractivity contribution >= 4 is 5.78 Å². The molecule has 1 aliphatic heterocycles. The minimum absolute atomic E-state index is 0.196. The third-order valence-electron chi connectivity index (χ3n) is 5.19. The summed E-state index contributed by atoms with van der Waals surface area (Å²) < 4.78 is 0. The van der Waals surface area contributed by atoms with E-state index in [-0.39, 0.29) is 12.0 Å². The van der Waals surface area contributed by atoms with Crippen LogP contribution in [0.25, 0.3) is 0 Å². The highest BCUT2D eigenvalue weighted by Gasteiger charge is 2.58. The molecule has 2 aliphatic carbocycles. The van der Waals surface area contributed by atoms with Gasteiger partial charge < -0.3 is 0 Å². The molecule has 2 nitrogen and oxygen atoms in total. The second-order valence-electron chi connectivity index (χ2n) is 6.77. The Labute approximate surface area is 98.4 Å². The molecule has 3 fully saturated rings. The number of likely N-dealkylation sites (tertiary alicyclic amines) is 1. The molecule has 2 heteroatoms. The summed E-state index contributed by atoms with van der Waals surface area (Å²) in [7, 11) is 2.14. The lowest BCUT2D eigenvalue weighted by Gasteiger charge is -2.25. The molecular weight excluding hydrogens is 198 g/mol. The SMILES string of the molecule is CC(C)C(=O)C1[C@H]2CC3(CC3)C[C@H]2CN1C. The molecule has 90 valence electrons. The standard InChI is InChI=1S/C14H23NO/c1-9(2)13(16)12-11-7-14(4-5-14)6-10(11)8-15(12)3/h9-12H,4-8H2,1-3H3/t10-,11-,12?/m0/s1. The van der Waals surface area contributed by atoms with Crippen LogP contribution in [0.5, 0.6) is 0 Å². The Balaban J connectivity index is 1.80. The van der Waals surface area contributed by atoms with Gasteiger partial charge in [-0.3, -0.25) is 9.69 Å². The van der Waals surface area contributed by atoms with Crippen LogP contribution in [0.15, 0.2) is 0 Å². The van der Waals surface area contributed by atoms with Crippen molar-refractivity contribution in [3.63, 3.8) is 0 Å². The number of carbonyl (C=O) groups is 1. The van der Waals surface area contributed by atoms with E-state index in [0.29, 0.717) is 17.1 Å². The van der Waals surface area contributed by atoms with Crippen molar-refractivity contribution < 1.29 is 4.79 Å². The van der Waals surface area contributed by atoms with Crippen molar-refractivity contribution in [2.75, 3.05) is 13.6 Å². The van der Waals surface area contributed by atoms with Crippen LogP contribution >= 0.6 is 0 Å². The number of hydrogen-bond acceptors (Lipinski definition) is 2. The van der Waals surface area contributed by atoms with Crippen LogP contribution in [0.2, 0.25) is 0 Å². The molecule has 1 unspecified atom stereocenters. The van der Waals surface area contributed by atoms with Crippen LogP contribution in [0.1, 0.15) is 39.5 Å². The van der Waals surface area contributed by atoms with Gasteiger partial charge in [0, 0.05) is 12.5 Å². The fraction of sp³-hybridized carbons (Fsp3) is 0.929. The quantitative estimate of drug-likeness (QED) is 0.713. The maximum Gasteiger partial charge on any atom is 0.152 e. The minimum atomic E-state index is 0.196. The number of ketones is 1. The maximum absolute atomic E-state index is 12.3. The Bertz CT molecular complexity index is 319. The Morgan fingerprint density at radius 2 is 2.00 bits per heavy atom. The second-order valence-corrected chi connectivity index (χ2v) is 6.77. The van der Waals surface area contributed by atoms with Gasteiger partial charge in [-0.1, -0.05) is 13.8 Å². The minimum Gasteiger partial charge on any atom is -0.298 e. The van der Waals surface area contributed by atoms with Gasteiger partial charge in [-0.25, -0.2) is 0 Å². The Hall–Kier alpha value is -0.370. The van der Waals surface area contributed by atoms with E-state index in [1.807, 2.05) is 13.8 Å². The van der Waals surface area contributed by atoms with Crippen LogP contribution in [0.3, 0.4) is 0 Å². The monoisotopic (exact) mass is 221 g/mol. The predicted octanol–water partition coefficient (Wildman–Crippen LogP) is 2.33. The second kappa shape index (κ2) is 3.32. The number of carbonyl (C=O) groups excluding carboxylic acids is 1. The average molecular weight is 221 g/mol. The van der Waals surface area contributed by atoms with Gasteiger partial charge in [-0.05, 0) is 50.0 Å². The molecule has 2 saturated carbocycles. The molecule has 0 aromatic carbocycles. The molecule has 1 saturated heterocycles. The van der Waals surface area contributed by atoms with E-state index in [0.717, 1.165) is 12.5 Å². The molecule has 0 N–H and O–H groups in total. The summed E-state index contributed by atoms with van der Waals surface area (Å²) in [5, 5.41) is 0. The summed E-state index contributed by atoms with van der Waals surface area (Å²) in [6, 6.07) is 0.241. The Kier molecular flexibility index (Phi) is 2.23. The lowest BCUT2D eigenvalue weighted by molar-refractivity contribution is -0.127. The lowest BCUT2D eigenvalue weighted by Crippen LogP contribution is -2.39. The van der Waals surface area contributed by atoms with Gasteiger partial charge in [-0.15, -0.1) is 0 Å². The summed E-state index contributed by atoms with van der Waals surface area (Å²) in [5.41, 5.74) is 0.700. The smallest absolute Gasteiger partial charge is 0.152 e. The molecule has 1 heterocycles. The number of likely N-dealkylation sites (N-methyl/N-ethyl adjacent to an activating group) is 1. The highest BCUT2D eigenvalue weighted by atomic mass is 16.1. The first-order chi connectivity index (χ1) is 7.52. The van der Waals surface area contributed by atoms with E-state index in [1.165, 1.54) is 25.7 Å². The van der Waals surface area contributed by atoms with Gasteiger partial charge in [0.2, 0.25) is 0 Å². The number of nitrogens with zero attached hydrogens (tertiary/aromatic N) is 1. The van der Waals surface area contributed by atoms with E-state index in [1.54, 1.807) is 0 Å². The van der Waals surface area contributed by atoms with Crippen LogP contribution in [0.4, 0.5) is 0 Å². The summed E-state index contributed by atoms with van der Waals surface area (Å²) in [5.74, 6) is 2.18. The van der Waals surface area contributed by atoms with Crippen molar-refractivity contribution in [1.29, 1.82) is 0 Å². The average Bonchev–Trinajstić information content (AvgIpc) is 2.75. The van der Waals surface area contributed by atoms with Crippen LogP contribution < -0.4 is 0 Å². The summed E-state index contributed by atoms with van der Waals surface area (Å²) in [6.45, 7) is 5.26. The third-order valence-corrected chi connectivity index (χ3v) is 5.19. The molecule has 3 atom stereocenters. The third kappa shape index (κ3) is 1.46. The van der Waals surface area contributed by atoms with Crippen LogP contribution in [0, 0.1) is 23.2 Å². The van der Waals surface area contributed by atoms with Gasteiger partial charge in [-0.2, -0.15) is 0 Å². The van der Waals surface area contributed by atoms with Crippen LogP contribution in [-0.2, 0) is 4.79 Å². The molecule has 3 aliphatic rings. The van der Waals surface area contributed by atoms with Gasteiger partial charge in [0.1, 0.15) is 0 Å². The molecule has 1 spiro atoms. The fourth-order valence-electron chi connectivity index (χ4n) is 4.19. The van der Waals surface area contributed by atoms with E-state index in [4.69, 9.17) is 0 Å². The molecule has 3 rings (SSSR count). The van der Waals surface area contributed by atoms with E-state index < -0.39 is 0 Å². The highest BCUT2D eigenvalue weighted by molar-refractivity contribution is 5.86. The van der Waals surface area contributed by atoms with Gasteiger partial charge in [0.05, 0.1) is 6.04 Å². The number of Topliss-reactive ketones (excluding diaryl/α,β-unsaturated/α-hetero) is 1. The molecule has 0 bridgehead atoms. The number of rotatable bonds is 2. The van der Waals surface area contributed by atoms with Crippen molar-refractivity contribution in [1.82, 2.24) is 4.90 Å². The van der Waals surface area contributed by atoms with E-state index in [2.05, 4.69) is 11.9 Å². The zero-order chi connectivity index (χ0) is 11.5. The zero-order valence-electron chi connectivity index (χ0n) is 10.7. The molecule has 0 amide bonds. The highest BCUT2D eigenvalue weighted by Crippen LogP contribution is 2.64. The fourth-order valence-corrected chi connectivity index (χ4v) is 4.19. The van der Waals surface area contributed by atoms with Crippen molar-refractivity contribution in [2.24, 2.45) is 23.2 Å². The normalized spacial score (nSPS) is 40.6. The van der Waals surface area contributed by atoms with Gasteiger partial charge in [0.15, 0.2) is 5.78 Å². The Morgan fingerprint density at radius 3 is 2.56 bits per heavy atom. The molecular formula is C14H23NO. The molecule has 0 aromatic heterocycles. The number of fused-ring (bicyclic) bond motifs is 1. The first-order valence-electron chi connectivity index (χ1n) is 6.76. The molecule has 16 heavy (non-hydrogen) atoms. The first kappa shape index (κ1) is 10.8. The topological polar surface area (TPSA) is 20.3 Å². The first-order valence-corrected chi connectivity index (χ1v) is 6.76. The number of hydrogen-bond donors (Lipinski definition) is 0. The van der Waals surface area contributed by atoms with Gasteiger partial charge in [0.25, 0.3) is 0 Å². The zero-order valence-corrected chi connectivity index (χ0v) is 10.7. The van der Waals surface area contributed by atoms with E-state index >= 15 is 0 Å². The maximum atomic E-state index is 12.3. The van der Waals surface area contributed by atoms with Crippen LogP contribution in [-0.4, -0.2) is 30.3 Å². The summed E-state index contributed by atoms with van der Waals surface area (Å²) in [6.07, 6.45) is 5.62. The largest absolute Gasteiger partial charge is 0.298 e. The molecule has 0 radical (unpaired) electrons. The van der Waals surface area contributed by atoms with Gasteiger partial charge >= 0.3 is 0 Å². The van der Waals surface area contributed by atoms with E-state index in [9.17, 15) is 4.79 Å². The Morgan fingerprint density at radius 1 is 1.31 bits per heavy atom. The van der Waals surface area contributed by atoms with Crippen molar-refractivity contribution in [3.05, 3.63) is 0 Å². The predicted molar refractivity (Wildman–Crippen MR) is 64.1 cm³/mol. The summed E-state index contributed by atoms with van der Waals surface area (Å²) >= 11 is 0. The van der Waals surface area contributed by atoms with Crippen molar-refractivity contribution in [2.45, 2.75) is 45.6 Å². The summed E-state index contributed by atoms with van der Waals surface area (Å²) in [4.78, 5) is 14.6. The lowest BCUT2D eigenvalue weighted by atomic mass is 9.87.